The highest BCUT2D eigenvalue weighted by atomic mass is 19.1. The van der Waals surface area contributed by atoms with Crippen LogP contribution in [0.4, 0.5) is 15.9 Å². The zero-order valence-electron chi connectivity index (χ0n) is 18.8. The van der Waals surface area contributed by atoms with Gasteiger partial charge in [-0.25, -0.2) is 0 Å². The Labute approximate surface area is 188 Å². The van der Waals surface area contributed by atoms with Gasteiger partial charge in [0.05, 0.1) is 5.92 Å². The Balaban J connectivity index is 1.25. The van der Waals surface area contributed by atoms with Crippen molar-refractivity contribution >= 4 is 23.3 Å². The van der Waals surface area contributed by atoms with Crippen LogP contribution in [0.25, 0.3) is 0 Å². The van der Waals surface area contributed by atoms with Gasteiger partial charge in [-0.15, -0.1) is 10.2 Å². The van der Waals surface area contributed by atoms with Gasteiger partial charge in [0.25, 0.3) is 0 Å². The van der Waals surface area contributed by atoms with E-state index in [0.717, 1.165) is 31.6 Å². The summed E-state index contributed by atoms with van der Waals surface area (Å²) in [6.45, 7) is 8.54. The molecule has 32 heavy (non-hydrogen) atoms. The fourth-order valence-corrected chi connectivity index (χ4v) is 4.28. The third kappa shape index (κ3) is 4.89. The lowest BCUT2D eigenvalue weighted by Crippen LogP contribution is -2.52. The molecule has 0 bridgehead atoms. The minimum atomic E-state index is -0.615. The van der Waals surface area contributed by atoms with Crippen molar-refractivity contribution < 1.29 is 14.0 Å². The maximum atomic E-state index is 12.9. The highest BCUT2D eigenvalue weighted by molar-refractivity contribution is 5.94. The van der Waals surface area contributed by atoms with E-state index >= 15 is 0 Å². The van der Waals surface area contributed by atoms with E-state index in [0.29, 0.717) is 24.8 Å². The second kappa shape index (κ2) is 8.84. The summed E-state index contributed by atoms with van der Waals surface area (Å²) in [7, 11) is 0. The van der Waals surface area contributed by atoms with Crippen molar-refractivity contribution in [1.29, 1.82) is 0 Å². The van der Waals surface area contributed by atoms with Crippen molar-refractivity contribution in [3.05, 3.63) is 47.9 Å². The zero-order chi connectivity index (χ0) is 22.9. The molecule has 4 rings (SSSR count). The molecule has 2 aromatic rings. The Bertz CT molecular complexity index is 957. The Hall–Kier alpha value is -3.03. The second-order valence-corrected chi connectivity index (χ2v) is 9.74. The molecule has 0 radical (unpaired) electrons. The SMILES string of the molecule is CC(C)(C)C(=O)N1CCC(c2ccc(NC(=O)C3CN(c4ccc(F)nn4)C3)cc2)CC1. The normalized spacial score (nSPS) is 17.8. The number of amides is 2. The number of nitrogens with zero attached hydrogens (tertiary/aromatic N) is 4. The van der Waals surface area contributed by atoms with Crippen LogP contribution < -0.4 is 10.2 Å². The Morgan fingerprint density at radius 3 is 2.22 bits per heavy atom. The fourth-order valence-electron chi connectivity index (χ4n) is 4.28. The molecule has 1 aromatic carbocycles. The molecular formula is C24H30FN5O2. The molecular weight excluding hydrogens is 409 g/mol. The summed E-state index contributed by atoms with van der Waals surface area (Å²) >= 11 is 0. The van der Waals surface area contributed by atoms with Gasteiger partial charge in [-0.1, -0.05) is 32.9 Å². The first-order valence-electron chi connectivity index (χ1n) is 11.1. The maximum absolute atomic E-state index is 12.9. The minimum Gasteiger partial charge on any atom is -0.353 e. The fraction of sp³-hybridized carbons (Fsp3) is 0.500. The van der Waals surface area contributed by atoms with Crippen LogP contribution in [0, 0.1) is 17.3 Å². The summed E-state index contributed by atoms with van der Waals surface area (Å²) in [5.74, 6) is 0.450. The lowest BCUT2D eigenvalue weighted by Gasteiger charge is -2.38. The van der Waals surface area contributed by atoms with Gasteiger partial charge in [-0.05, 0) is 48.6 Å². The topological polar surface area (TPSA) is 78.4 Å². The quantitative estimate of drug-likeness (QED) is 0.790. The molecule has 3 heterocycles. The number of halogens is 1. The molecule has 0 aliphatic carbocycles. The van der Waals surface area contributed by atoms with Gasteiger partial charge >= 0.3 is 0 Å². The van der Waals surface area contributed by atoms with Gasteiger partial charge in [0.2, 0.25) is 17.8 Å². The number of anilines is 2. The molecule has 0 atom stereocenters. The van der Waals surface area contributed by atoms with Crippen LogP contribution in [0.5, 0.6) is 0 Å². The Kier molecular flexibility index (Phi) is 6.13. The van der Waals surface area contributed by atoms with Crippen molar-refractivity contribution in [3.8, 4) is 0 Å². The number of likely N-dealkylation sites (tertiary alicyclic amines) is 1. The number of nitrogens with one attached hydrogen (secondary N) is 1. The van der Waals surface area contributed by atoms with E-state index in [1.807, 2.05) is 42.7 Å². The standard InChI is InChI=1S/C24H30FN5O2/c1-24(2,3)23(32)29-12-10-17(11-13-29)16-4-6-19(7-5-16)26-22(31)18-14-30(15-18)21-9-8-20(25)27-28-21/h4-9,17-18H,10-15H2,1-3H3,(H,26,31). The molecule has 1 N–H and O–H groups in total. The van der Waals surface area contributed by atoms with Crippen LogP contribution in [0.15, 0.2) is 36.4 Å². The lowest BCUT2D eigenvalue weighted by atomic mass is 9.87. The predicted octanol–water partition coefficient (Wildman–Crippen LogP) is 3.44. The van der Waals surface area contributed by atoms with Crippen molar-refractivity contribution in [2.24, 2.45) is 11.3 Å². The van der Waals surface area contributed by atoms with Crippen LogP contribution in [0.1, 0.15) is 45.1 Å². The summed E-state index contributed by atoms with van der Waals surface area (Å²) in [5, 5.41) is 10.2. The predicted molar refractivity (Wildman–Crippen MR) is 121 cm³/mol. The molecule has 8 heteroatoms. The van der Waals surface area contributed by atoms with Gasteiger partial charge in [0.1, 0.15) is 0 Å². The van der Waals surface area contributed by atoms with Crippen LogP contribution in [0.2, 0.25) is 0 Å². The molecule has 0 saturated carbocycles. The molecule has 0 spiro atoms. The number of aromatic nitrogens is 2. The lowest BCUT2D eigenvalue weighted by molar-refractivity contribution is -0.140. The highest BCUT2D eigenvalue weighted by Gasteiger charge is 2.34. The van der Waals surface area contributed by atoms with Gasteiger partial charge in [-0.2, -0.15) is 4.39 Å². The molecule has 2 fully saturated rings. The van der Waals surface area contributed by atoms with E-state index in [4.69, 9.17) is 0 Å². The van der Waals surface area contributed by atoms with Crippen LogP contribution >= 0.6 is 0 Å². The number of benzene rings is 1. The van der Waals surface area contributed by atoms with E-state index in [1.165, 1.54) is 11.6 Å². The monoisotopic (exact) mass is 439 g/mol. The smallest absolute Gasteiger partial charge is 0.233 e. The number of rotatable bonds is 4. The summed E-state index contributed by atoms with van der Waals surface area (Å²) in [5.41, 5.74) is 1.69. The van der Waals surface area contributed by atoms with E-state index in [9.17, 15) is 14.0 Å². The van der Waals surface area contributed by atoms with Crippen molar-refractivity contribution in [2.45, 2.75) is 39.5 Å². The summed E-state index contributed by atoms with van der Waals surface area (Å²) in [6, 6.07) is 10.9. The molecule has 1 aromatic heterocycles. The van der Waals surface area contributed by atoms with Crippen LogP contribution in [-0.2, 0) is 9.59 Å². The molecule has 2 saturated heterocycles. The van der Waals surface area contributed by atoms with Crippen molar-refractivity contribution in [3.63, 3.8) is 0 Å². The molecule has 7 nitrogen and oxygen atoms in total. The van der Waals surface area contributed by atoms with E-state index in [-0.39, 0.29) is 23.1 Å². The molecule has 170 valence electrons. The molecule has 0 unspecified atom stereocenters. The number of hydrogen-bond acceptors (Lipinski definition) is 5. The maximum Gasteiger partial charge on any atom is 0.233 e. The summed E-state index contributed by atoms with van der Waals surface area (Å²) in [4.78, 5) is 28.9. The van der Waals surface area contributed by atoms with Gasteiger partial charge in [0, 0.05) is 37.3 Å². The Morgan fingerprint density at radius 1 is 1.00 bits per heavy atom. The zero-order valence-corrected chi connectivity index (χ0v) is 18.8. The van der Waals surface area contributed by atoms with Gasteiger partial charge in [-0.3, -0.25) is 9.59 Å². The summed E-state index contributed by atoms with van der Waals surface area (Å²) in [6.07, 6.45) is 1.91. The average Bonchev–Trinajstić information content (AvgIpc) is 2.73. The average molecular weight is 440 g/mol. The van der Waals surface area contributed by atoms with Crippen LogP contribution in [0.3, 0.4) is 0 Å². The first-order chi connectivity index (χ1) is 15.2. The highest BCUT2D eigenvalue weighted by Crippen LogP contribution is 2.31. The largest absolute Gasteiger partial charge is 0.353 e. The van der Waals surface area contributed by atoms with E-state index < -0.39 is 5.95 Å². The van der Waals surface area contributed by atoms with Crippen LogP contribution in [-0.4, -0.2) is 53.1 Å². The molecule has 2 aliphatic rings. The number of hydrogen-bond donors (Lipinski definition) is 1. The van der Waals surface area contributed by atoms with Gasteiger partial charge in [0.15, 0.2) is 5.82 Å². The number of piperidine rings is 1. The van der Waals surface area contributed by atoms with E-state index in [1.54, 1.807) is 6.07 Å². The van der Waals surface area contributed by atoms with Crippen molar-refractivity contribution in [2.75, 3.05) is 36.4 Å². The minimum absolute atomic E-state index is 0.0296. The Morgan fingerprint density at radius 2 is 1.66 bits per heavy atom. The third-order valence-corrected chi connectivity index (χ3v) is 6.27. The van der Waals surface area contributed by atoms with E-state index in [2.05, 4.69) is 27.6 Å². The van der Waals surface area contributed by atoms with Crippen molar-refractivity contribution in [1.82, 2.24) is 15.1 Å². The number of carbonyl (C=O) groups excluding carboxylic acids is 2. The first-order valence-corrected chi connectivity index (χ1v) is 11.1. The third-order valence-electron chi connectivity index (χ3n) is 6.27. The first kappa shape index (κ1) is 22.2. The second-order valence-electron chi connectivity index (χ2n) is 9.74. The number of carbonyl (C=O) groups is 2. The summed E-state index contributed by atoms with van der Waals surface area (Å²) < 4.78 is 12.9. The van der Waals surface area contributed by atoms with Gasteiger partial charge < -0.3 is 15.1 Å². The molecule has 2 aliphatic heterocycles. The molecule has 2 amide bonds.